The molecule has 18 heavy (non-hydrogen) atoms. The summed E-state index contributed by atoms with van der Waals surface area (Å²) in [6.45, 7) is 4.38. The lowest BCUT2D eigenvalue weighted by atomic mass is 10.1. The van der Waals surface area contributed by atoms with Crippen molar-refractivity contribution < 1.29 is 9.53 Å². The van der Waals surface area contributed by atoms with Crippen LogP contribution in [0, 0.1) is 3.57 Å². The van der Waals surface area contributed by atoms with E-state index in [0.29, 0.717) is 6.10 Å². The number of halogens is 1. The lowest BCUT2D eigenvalue weighted by molar-refractivity contribution is 0.0146. The Balaban J connectivity index is 1.95. The molecule has 1 amide bonds. The van der Waals surface area contributed by atoms with Crippen LogP contribution >= 0.6 is 22.6 Å². The number of carbonyl (C=O) groups is 1. The standard InChI is InChI=1S/C14H18INO2/c1-2-18-13-6-8-16(9-7-13)14(17)11-4-3-5-12(15)10-11/h3-5,10,13H,2,6-9H2,1H3. The summed E-state index contributed by atoms with van der Waals surface area (Å²) in [5.41, 5.74) is 0.789. The summed E-state index contributed by atoms with van der Waals surface area (Å²) in [7, 11) is 0. The average Bonchev–Trinajstić information content (AvgIpc) is 2.39. The quantitative estimate of drug-likeness (QED) is 0.777. The van der Waals surface area contributed by atoms with Crippen molar-refractivity contribution in [1.82, 2.24) is 4.90 Å². The highest BCUT2D eigenvalue weighted by molar-refractivity contribution is 14.1. The Labute approximate surface area is 122 Å². The molecule has 0 bridgehead atoms. The maximum absolute atomic E-state index is 12.3. The first-order valence-electron chi connectivity index (χ1n) is 6.37. The van der Waals surface area contributed by atoms with Crippen molar-refractivity contribution in [3.63, 3.8) is 0 Å². The van der Waals surface area contributed by atoms with E-state index in [1.165, 1.54) is 0 Å². The Morgan fingerprint density at radius 1 is 1.44 bits per heavy atom. The zero-order valence-electron chi connectivity index (χ0n) is 10.6. The van der Waals surface area contributed by atoms with Crippen LogP contribution in [0.3, 0.4) is 0 Å². The van der Waals surface area contributed by atoms with Gasteiger partial charge in [-0.15, -0.1) is 0 Å². The highest BCUT2D eigenvalue weighted by Crippen LogP contribution is 2.17. The van der Waals surface area contributed by atoms with E-state index in [-0.39, 0.29) is 5.91 Å². The smallest absolute Gasteiger partial charge is 0.253 e. The van der Waals surface area contributed by atoms with Crippen LogP contribution in [-0.2, 0) is 4.74 Å². The summed E-state index contributed by atoms with van der Waals surface area (Å²) in [6, 6.07) is 7.76. The number of carbonyl (C=O) groups excluding carboxylic acids is 1. The first-order valence-corrected chi connectivity index (χ1v) is 7.45. The van der Waals surface area contributed by atoms with Crippen molar-refractivity contribution >= 4 is 28.5 Å². The van der Waals surface area contributed by atoms with Gasteiger partial charge in [-0.1, -0.05) is 6.07 Å². The van der Waals surface area contributed by atoms with Gasteiger partial charge in [0.25, 0.3) is 5.91 Å². The fourth-order valence-electron chi connectivity index (χ4n) is 2.27. The zero-order chi connectivity index (χ0) is 13.0. The van der Waals surface area contributed by atoms with Crippen molar-refractivity contribution in [3.05, 3.63) is 33.4 Å². The molecule has 1 aromatic rings. The molecule has 0 atom stereocenters. The molecule has 1 saturated heterocycles. The Kier molecular flexibility index (Phi) is 5.00. The third kappa shape index (κ3) is 3.45. The van der Waals surface area contributed by atoms with Gasteiger partial charge in [0.1, 0.15) is 0 Å². The molecule has 0 radical (unpaired) electrons. The summed E-state index contributed by atoms with van der Waals surface area (Å²) in [4.78, 5) is 14.2. The maximum Gasteiger partial charge on any atom is 0.253 e. The molecule has 0 N–H and O–H groups in total. The number of hydrogen-bond acceptors (Lipinski definition) is 2. The first kappa shape index (κ1) is 13.8. The van der Waals surface area contributed by atoms with E-state index in [2.05, 4.69) is 22.6 Å². The third-order valence-corrected chi connectivity index (χ3v) is 3.87. The highest BCUT2D eigenvalue weighted by Gasteiger charge is 2.23. The van der Waals surface area contributed by atoms with Crippen molar-refractivity contribution in [2.75, 3.05) is 19.7 Å². The minimum absolute atomic E-state index is 0.142. The number of piperidine rings is 1. The second kappa shape index (κ2) is 6.52. The molecule has 1 heterocycles. The minimum atomic E-state index is 0.142. The SMILES string of the molecule is CCOC1CCN(C(=O)c2cccc(I)c2)CC1. The van der Waals surface area contributed by atoms with Gasteiger partial charge in [-0.25, -0.2) is 0 Å². The van der Waals surface area contributed by atoms with Crippen LogP contribution in [0.2, 0.25) is 0 Å². The molecule has 0 saturated carbocycles. The van der Waals surface area contributed by atoms with Gasteiger partial charge in [-0.3, -0.25) is 4.79 Å². The van der Waals surface area contributed by atoms with Gasteiger partial charge in [0, 0.05) is 28.8 Å². The number of nitrogens with zero attached hydrogens (tertiary/aromatic N) is 1. The molecule has 4 heteroatoms. The summed E-state index contributed by atoms with van der Waals surface area (Å²) in [6.07, 6.45) is 2.22. The van der Waals surface area contributed by atoms with Crippen molar-refractivity contribution in [1.29, 1.82) is 0 Å². The molecule has 1 aliphatic heterocycles. The minimum Gasteiger partial charge on any atom is -0.378 e. The Bertz CT molecular complexity index is 414. The number of rotatable bonds is 3. The van der Waals surface area contributed by atoms with Gasteiger partial charge in [0.05, 0.1) is 6.10 Å². The van der Waals surface area contributed by atoms with E-state index < -0.39 is 0 Å². The van der Waals surface area contributed by atoms with Crippen molar-refractivity contribution in [2.24, 2.45) is 0 Å². The van der Waals surface area contributed by atoms with E-state index in [9.17, 15) is 4.79 Å². The van der Waals surface area contributed by atoms with Crippen LogP contribution in [0.25, 0.3) is 0 Å². The van der Waals surface area contributed by atoms with Crippen LogP contribution < -0.4 is 0 Å². The molecule has 0 unspecified atom stereocenters. The van der Waals surface area contributed by atoms with Gasteiger partial charge >= 0.3 is 0 Å². The molecule has 0 spiro atoms. The molecular weight excluding hydrogens is 341 g/mol. The molecular formula is C14H18INO2. The monoisotopic (exact) mass is 359 g/mol. The predicted molar refractivity (Wildman–Crippen MR) is 79.7 cm³/mol. The van der Waals surface area contributed by atoms with E-state index >= 15 is 0 Å². The van der Waals surface area contributed by atoms with E-state index in [1.807, 2.05) is 36.1 Å². The van der Waals surface area contributed by atoms with Crippen LogP contribution in [0.4, 0.5) is 0 Å². The van der Waals surface area contributed by atoms with Crippen LogP contribution in [0.5, 0.6) is 0 Å². The number of likely N-dealkylation sites (tertiary alicyclic amines) is 1. The molecule has 1 fully saturated rings. The normalized spacial score (nSPS) is 16.9. The van der Waals surface area contributed by atoms with E-state index in [4.69, 9.17) is 4.74 Å². The molecule has 3 nitrogen and oxygen atoms in total. The number of ether oxygens (including phenoxy) is 1. The number of benzene rings is 1. The van der Waals surface area contributed by atoms with Crippen LogP contribution in [0.15, 0.2) is 24.3 Å². The lowest BCUT2D eigenvalue weighted by Crippen LogP contribution is -2.40. The van der Waals surface area contributed by atoms with Gasteiger partial charge in [-0.2, -0.15) is 0 Å². The summed E-state index contributed by atoms with van der Waals surface area (Å²) in [5.74, 6) is 0.142. The van der Waals surface area contributed by atoms with Crippen molar-refractivity contribution in [2.45, 2.75) is 25.9 Å². The van der Waals surface area contributed by atoms with Gasteiger partial charge in [-0.05, 0) is 60.6 Å². The summed E-state index contributed by atoms with van der Waals surface area (Å²) >= 11 is 2.23. The van der Waals surface area contributed by atoms with E-state index in [0.717, 1.165) is 41.7 Å². The summed E-state index contributed by atoms with van der Waals surface area (Å²) < 4.78 is 6.70. The molecule has 0 aliphatic carbocycles. The topological polar surface area (TPSA) is 29.5 Å². The lowest BCUT2D eigenvalue weighted by Gasteiger charge is -2.31. The predicted octanol–water partition coefficient (Wildman–Crippen LogP) is 2.93. The number of hydrogen-bond donors (Lipinski definition) is 0. The van der Waals surface area contributed by atoms with Gasteiger partial charge in [0.15, 0.2) is 0 Å². The largest absolute Gasteiger partial charge is 0.378 e. The Morgan fingerprint density at radius 2 is 2.17 bits per heavy atom. The van der Waals surface area contributed by atoms with Gasteiger partial charge in [0.2, 0.25) is 0 Å². The average molecular weight is 359 g/mol. The molecule has 98 valence electrons. The second-order valence-electron chi connectivity index (χ2n) is 4.46. The highest BCUT2D eigenvalue weighted by atomic mass is 127. The summed E-state index contributed by atoms with van der Waals surface area (Å²) in [5, 5.41) is 0. The zero-order valence-corrected chi connectivity index (χ0v) is 12.7. The maximum atomic E-state index is 12.3. The van der Waals surface area contributed by atoms with E-state index in [1.54, 1.807) is 0 Å². The molecule has 2 rings (SSSR count). The Hall–Kier alpha value is -0.620. The molecule has 1 aliphatic rings. The molecule has 0 aromatic heterocycles. The third-order valence-electron chi connectivity index (χ3n) is 3.20. The fourth-order valence-corrected chi connectivity index (χ4v) is 2.81. The molecule has 1 aromatic carbocycles. The number of amides is 1. The van der Waals surface area contributed by atoms with Crippen LogP contribution in [-0.4, -0.2) is 36.6 Å². The van der Waals surface area contributed by atoms with Crippen LogP contribution in [0.1, 0.15) is 30.1 Å². The first-order chi connectivity index (χ1) is 8.70. The second-order valence-corrected chi connectivity index (χ2v) is 5.70. The van der Waals surface area contributed by atoms with Crippen molar-refractivity contribution in [3.8, 4) is 0 Å². The van der Waals surface area contributed by atoms with Gasteiger partial charge < -0.3 is 9.64 Å². The Morgan fingerprint density at radius 3 is 2.78 bits per heavy atom. The fraction of sp³-hybridized carbons (Fsp3) is 0.500.